The molecule has 57 heavy (non-hydrogen) atoms. The number of nitrogens with zero attached hydrogens (tertiary/aromatic N) is 5. The van der Waals surface area contributed by atoms with Crippen molar-refractivity contribution in [2.24, 2.45) is 0 Å². The summed E-state index contributed by atoms with van der Waals surface area (Å²) in [6.07, 6.45) is 3.64. The Morgan fingerprint density at radius 3 is 2.26 bits per heavy atom. The summed E-state index contributed by atoms with van der Waals surface area (Å²) in [6.45, 7) is 8.52. The van der Waals surface area contributed by atoms with Gasteiger partial charge < -0.3 is 19.4 Å². The van der Waals surface area contributed by atoms with Crippen molar-refractivity contribution in [3.63, 3.8) is 0 Å². The molecule has 3 aliphatic rings. The number of rotatable bonds is 11. The van der Waals surface area contributed by atoms with Gasteiger partial charge in [0.05, 0.1) is 57.6 Å². The van der Waals surface area contributed by atoms with E-state index in [1.165, 1.54) is 37.8 Å². The summed E-state index contributed by atoms with van der Waals surface area (Å²) < 4.78 is 78.3. The van der Waals surface area contributed by atoms with E-state index in [0.717, 1.165) is 36.7 Å². The molecule has 5 aromatic rings. The molecule has 1 N–H and O–H groups in total. The van der Waals surface area contributed by atoms with Crippen LogP contribution in [-0.2, 0) is 41.8 Å². The molecule has 3 fully saturated rings. The SMILES string of the molecule is CC1(C)OB(c2ccc3c(=O)n(-c4ccc(S(=O)(=O)N5CCOCC5)cc4)c(C(Cc4cc(F)cc(F)c4)NC(=O)Cn4ccc(C5CC5)n4)nc3c2)OC1(C)C. The Balaban J connectivity index is 1.24. The lowest BCUT2D eigenvalue weighted by Gasteiger charge is -2.32. The zero-order valence-electron chi connectivity index (χ0n) is 32.1. The largest absolute Gasteiger partial charge is 0.494 e. The number of amides is 1. The van der Waals surface area contributed by atoms with Crippen LogP contribution in [0.1, 0.15) is 69.6 Å². The highest BCUT2D eigenvalue weighted by molar-refractivity contribution is 7.89. The zero-order valence-corrected chi connectivity index (χ0v) is 32.9. The Hall–Kier alpha value is -4.81. The molecular weight excluding hydrogens is 757 g/mol. The van der Waals surface area contributed by atoms with E-state index in [9.17, 15) is 26.8 Å². The van der Waals surface area contributed by atoms with E-state index in [1.807, 2.05) is 33.8 Å². The topological polar surface area (TPSA) is 147 Å². The summed E-state index contributed by atoms with van der Waals surface area (Å²) in [6, 6.07) is 14.7. The first-order valence-electron chi connectivity index (χ1n) is 19.0. The maximum absolute atomic E-state index is 14.7. The van der Waals surface area contributed by atoms with Crippen molar-refractivity contribution in [1.82, 2.24) is 29.0 Å². The van der Waals surface area contributed by atoms with Gasteiger partial charge in [0.2, 0.25) is 15.9 Å². The van der Waals surface area contributed by atoms with Crippen molar-refractivity contribution in [3.05, 3.63) is 112 Å². The number of carbonyl (C=O) groups is 1. The average molecular weight is 801 g/mol. The van der Waals surface area contributed by atoms with Gasteiger partial charge in [-0.15, -0.1) is 0 Å². The fourth-order valence-corrected chi connectivity index (χ4v) is 8.56. The summed E-state index contributed by atoms with van der Waals surface area (Å²) in [5.41, 5.74) is 0.418. The molecule has 13 nitrogen and oxygen atoms in total. The van der Waals surface area contributed by atoms with Crippen LogP contribution in [-0.4, -0.2) is 82.6 Å². The molecule has 2 aromatic heterocycles. The van der Waals surface area contributed by atoms with Crippen LogP contribution in [0.5, 0.6) is 0 Å². The van der Waals surface area contributed by atoms with Crippen LogP contribution in [0.3, 0.4) is 0 Å². The molecule has 2 aliphatic heterocycles. The number of fused-ring (bicyclic) bond motifs is 1. The molecule has 8 rings (SSSR count). The van der Waals surface area contributed by atoms with Crippen molar-refractivity contribution in [3.8, 4) is 5.69 Å². The van der Waals surface area contributed by atoms with Gasteiger partial charge in [-0.05, 0) is 106 Å². The third-order valence-corrected chi connectivity index (χ3v) is 13.0. The number of hydrogen-bond donors (Lipinski definition) is 1. The van der Waals surface area contributed by atoms with Crippen molar-refractivity contribution in [2.45, 2.75) is 81.6 Å². The van der Waals surface area contributed by atoms with E-state index >= 15 is 0 Å². The second kappa shape index (κ2) is 14.9. The van der Waals surface area contributed by atoms with Gasteiger partial charge in [0.15, 0.2) is 0 Å². The minimum absolute atomic E-state index is 0.0217. The maximum atomic E-state index is 14.7. The van der Waals surface area contributed by atoms with Crippen molar-refractivity contribution in [2.75, 3.05) is 26.3 Å². The van der Waals surface area contributed by atoms with Gasteiger partial charge >= 0.3 is 7.12 Å². The fourth-order valence-electron chi connectivity index (χ4n) is 7.15. The number of hydrogen-bond acceptors (Lipinski definition) is 9. The molecule has 1 amide bonds. The fraction of sp³-hybridized carbons (Fsp3) is 0.400. The Labute approximate surface area is 329 Å². The molecule has 0 spiro atoms. The number of halogens is 2. The minimum Gasteiger partial charge on any atom is -0.399 e. The summed E-state index contributed by atoms with van der Waals surface area (Å²) in [4.78, 5) is 33.5. The Bertz CT molecular complexity index is 2480. The van der Waals surface area contributed by atoms with Crippen molar-refractivity contribution < 1.29 is 36.0 Å². The van der Waals surface area contributed by atoms with Crippen LogP contribution >= 0.6 is 0 Å². The average Bonchev–Trinajstić information content (AvgIpc) is 3.86. The van der Waals surface area contributed by atoms with Crippen LogP contribution in [0.15, 0.2) is 82.6 Å². The lowest BCUT2D eigenvalue weighted by Crippen LogP contribution is -2.41. The molecule has 4 heterocycles. The first-order chi connectivity index (χ1) is 27.1. The molecule has 1 unspecified atom stereocenters. The number of morpholine rings is 1. The first kappa shape index (κ1) is 39.0. The molecular formula is C40H43BF2N6O7S. The molecule has 17 heteroatoms. The highest BCUT2D eigenvalue weighted by Crippen LogP contribution is 2.39. The van der Waals surface area contributed by atoms with E-state index in [4.69, 9.17) is 19.0 Å². The molecule has 2 saturated heterocycles. The van der Waals surface area contributed by atoms with Gasteiger partial charge in [-0.25, -0.2) is 22.2 Å². The zero-order chi connectivity index (χ0) is 40.3. The molecule has 0 radical (unpaired) electrons. The molecule has 298 valence electrons. The summed E-state index contributed by atoms with van der Waals surface area (Å²) in [5.74, 6) is -1.70. The first-order valence-corrected chi connectivity index (χ1v) is 20.4. The number of benzene rings is 3. The summed E-state index contributed by atoms with van der Waals surface area (Å²) in [5, 5.41) is 7.73. The molecule has 1 aliphatic carbocycles. The van der Waals surface area contributed by atoms with E-state index in [0.29, 0.717) is 11.4 Å². The van der Waals surface area contributed by atoms with Crippen LogP contribution < -0.4 is 16.3 Å². The van der Waals surface area contributed by atoms with Crippen molar-refractivity contribution >= 4 is 39.4 Å². The standard InChI is InChI=1S/C40H43BF2N6O7S/c1-39(2)40(3,4)56-41(55-39)27-7-12-32-34(22-27)45-37(49(38(32)51)30-8-10-31(11-9-30)57(52,53)48-15-17-54-18-16-48)35(21-25-19-28(42)23-29(43)20-25)44-36(50)24-47-14-13-33(46-47)26-5-6-26/h7-14,19-20,22-23,26,35H,5-6,15-18,21,24H2,1-4H3,(H,44,50). The number of ether oxygens (including phenoxy) is 1. The van der Waals surface area contributed by atoms with E-state index in [2.05, 4.69) is 10.4 Å². The highest BCUT2D eigenvalue weighted by atomic mass is 32.2. The highest BCUT2D eigenvalue weighted by Gasteiger charge is 2.51. The molecule has 1 atom stereocenters. The Morgan fingerprint density at radius 1 is 0.947 bits per heavy atom. The molecule has 3 aromatic carbocycles. The van der Waals surface area contributed by atoms with Gasteiger partial charge in [-0.1, -0.05) is 6.07 Å². The van der Waals surface area contributed by atoms with Crippen molar-refractivity contribution in [1.29, 1.82) is 0 Å². The normalized spacial score (nSPS) is 18.9. The quantitative estimate of drug-likeness (QED) is 0.195. The summed E-state index contributed by atoms with van der Waals surface area (Å²) in [7, 11) is -4.64. The van der Waals surface area contributed by atoms with E-state index in [-0.39, 0.29) is 72.1 Å². The van der Waals surface area contributed by atoms with Crippen LogP contribution in [0, 0.1) is 11.6 Å². The molecule has 1 saturated carbocycles. The van der Waals surface area contributed by atoms with Gasteiger partial charge in [-0.3, -0.25) is 18.8 Å². The Kier molecular flexibility index (Phi) is 10.2. The van der Waals surface area contributed by atoms with Crippen LogP contribution in [0.25, 0.3) is 16.6 Å². The van der Waals surface area contributed by atoms with Gasteiger partial charge in [0, 0.05) is 37.7 Å². The second-order valence-electron chi connectivity index (χ2n) is 15.8. The summed E-state index contributed by atoms with van der Waals surface area (Å²) >= 11 is 0. The number of sulfonamides is 1. The number of aromatic nitrogens is 4. The van der Waals surface area contributed by atoms with Gasteiger partial charge in [0.25, 0.3) is 5.56 Å². The lowest BCUT2D eigenvalue weighted by atomic mass is 9.79. The third kappa shape index (κ3) is 7.90. The predicted molar refractivity (Wildman–Crippen MR) is 208 cm³/mol. The maximum Gasteiger partial charge on any atom is 0.494 e. The third-order valence-electron chi connectivity index (χ3n) is 11.1. The minimum atomic E-state index is -3.87. The molecule has 0 bridgehead atoms. The van der Waals surface area contributed by atoms with E-state index in [1.54, 1.807) is 24.4 Å². The Morgan fingerprint density at radius 2 is 1.61 bits per heavy atom. The predicted octanol–water partition coefficient (Wildman–Crippen LogP) is 4.16. The van der Waals surface area contributed by atoms with E-state index < -0.39 is 57.5 Å². The monoisotopic (exact) mass is 800 g/mol. The lowest BCUT2D eigenvalue weighted by molar-refractivity contribution is -0.122. The van der Waals surface area contributed by atoms with Gasteiger partial charge in [0.1, 0.15) is 24.0 Å². The number of nitrogens with one attached hydrogen (secondary N) is 1. The van der Waals surface area contributed by atoms with Crippen LogP contribution in [0.4, 0.5) is 8.78 Å². The smallest absolute Gasteiger partial charge is 0.399 e. The second-order valence-corrected chi connectivity index (χ2v) is 17.7. The number of carbonyl (C=O) groups excluding carboxylic acids is 1. The van der Waals surface area contributed by atoms with Crippen LogP contribution in [0.2, 0.25) is 0 Å². The van der Waals surface area contributed by atoms with Gasteiger partial charge in [-0.2, -0.15) is 9.40 Å².